The lowest BCUT2D eigenvalue weighted by molar-refractivity contribution is -0.115. The summed E-state index contributed by atoms with van der Waals surface area (Å²) >= 11 is 7.08. The first-order valence-electron chi connectivity index (χ1n) is 8.06. The molecule has 9 heteroatoms. The molecule has 0 fully saturated rings. The molecule has 1 heterocycles. The van der Waals surface area contributed by atoms with Crippen LogP contribution in [-0.4, -0.2) is 33.1 Å². The fourth-order valence-electron chi connectivity index (χ4n) is 2.28. The van der Waals surface area contributed by atoms with E-state index >= 15 is 0 Å². The van der Waals surface area contributed by atoms with E-state index < -0.39 is 5.25 Å². The third-order valence-corrected chi connectivity index (χ3v) is 5.08. The topological polar surface area (TPSA) is 95.1 Å². The third kappa shape index (κ3) is 4.53. The fraction of sp³-hybridized carbons (Fsp3) is 0.167. The van der Waals surface area contributed by atoms with Crippen LogP contribution in [0, 0.1) is 0 Å². The fourth-order valence-corrected chi connectivity index (χ4v) is 3.18. The predicted octanol–water partition coefficient (Wildman–Crippen LogP) is 3.44. The maximum absolute atomic E-state index is 12.4. The molecule has 0 saturated carbocycles. The van der Waals surface area contributed by atoms with Crippen molar-refractivity contribution in [3.63, 3.8) is 0 Å². The van der Waals surface area contributed by atoms with E-state index in [4.69, 9.17) is 22.2 Å². The number of methoxy groups -OCH3 is 1. The summed E-state index contributed by atoms with van der Waals surface area (Å²) in [7, 11) is 1.60. The molecule has 3 aromatic rings. The molecule has 1 atom stereocenters. The van der Waals surface area contributed by atoms with Crippen molar-refractivity contribution in [2.45, 2.75) is 17.3 Å². The van der Waals surface area contributed by atoms with E-state index in [1.54, 1.807) is 38.3 Å². The summed E-state index contributed by atoms with van der Waals surface area (Å²) in [4.78, 5) is 12.4. The van der Waals surface area contributed by atoms with Gasteiger partial charge in [-0.15, -0.1) is 10.2 Å². The lowest BCUT2D eigenvalue weighted by atomic mass is 10.2. The molecule has 27 heavy (non-hydrogen) atoms. The highest BCUT2D eigenvalue weighted by Gasteiger charge is 2.20. The average molecular weight is 404 g/mol. The number of hydrogen-bond acceptors (Lipinski definition) is 6. The molecule has 0 aliphatic rings. The molecule has 7 nitrogen and oxygen atoms in total. The molecule has 0 unspecified atom stereocenters. The van der Waals surface area contributed by atoms with E-state index in [2.05, 4.69) is 15.5 Å². The number of anilines is 1. The van der Waals surface area contributed by atoms with Crippen molar-refractivity contribution < 1.29 is 9.53 Å². The molecule has 0 aliphatic heterocycles. The largest absolute Gasteiger partial charge is 0.497 e. The number of nitrogens with two attached hydrogens (primary N) is 1. The normalized spacial score (nSPS) is 11.8. The highest BCUT2D eigenvalue weighted by molar-refractivity contribution is 8.00. The van der Waals surface area contributed by atoms with Crippen LogP contribution in [0.4, 0.5) is 5.69 Å². The van der Waals surface area contributed by atoms with Crippen LogP contribution in [0.3, 0.4) is 0 Å². The van der Waals surface area contributed by atoms with Crippen LogP contribution in [0.5, 0.6) is 5.75 Å². The molecular weight excluding hydrogens is 386 g/mol. The zero-order chi connectivity index (χ0) is 19.4. The molecule has 0 bridgehead atoms. The zero-order valence-corrected chi connectivity index (χ0v) is 16.3. The van der Waals surface area contributed by atoms with Gasteiger partial charge in [-0.2, -0.15) is 0 Å². The summed E-state index contributed by atoms with van der Waals surface area (Å²) in [5, 5.41) is 11.7. The van der Waals surface area contributed by atoms with Gasteiger partial charge >= 0.3 is 0 Å². The number of nitrogens with one attached hydrogen (secondary N) is 1. The van der Waals surface area contributed by atoms with E-state index in [1.807, 2.05) is 24.3 Å². The Labute approximate surface area is 165 Å². The number of nitrogens with zero attached hydrogens (tertiary/aromatic N) is 3. The molecule has 2 aromatic carbocycles. The van der Waals surface area contributed by atoms with Crippen molar-refractivity contribution in [1.29, 1.82) is 0 Å². The minimum Gasteiger partial charge on any atom is -0.497 e. The number of carbonyl (C=O) groups is 1. The SMILES string of the molecule is COc1ccc(-c2nnc(S[C@@H](C)C(=O)Nc3ccc(Cl)cc3)n2N)cc1. The van der Waals surface area contributed by atoms with Gasteiger partial charge < -0.3 is 15.9 Å². The lowest BCUT2D eigenvalue weighted by Gasteiger charge is -2.11. The molecule has 0 saturated heterocycles. The smallest absolute Gasteiger partial charge is 0.237 e. The van der Waals surface area contributed by atoms with Crippen LogP contribution in [0.2, 0.25) is 5.02 Å². The van der Waals surface area contributed by atoms with Crippen LogP contribution in [-0.2, 0) is 4.79 Å². The molecular formula is C18H18ClN5O2S. The van der Waals surface area contributed by atoms with Gasteiger partial charge in [0.25, 0.3) is 0 Å². The van der Waals surface area contributed by atoms with Gasteiger partial charge in [0.2, 0.25) is 11.1 Å². The summed E-state index contributed by atoms with van der Waals surface area (Å²) in [5.41, 5.74) is 1.47. The molecule has 0 radical (unpaired) electrons. The van der Waals surface area contributed by atoms with Crippen LogP contribution in [0.25, 0.3) is 11.4 Å². The first-order chi connectivity index (χ1) is 13.0. The summed E-state index contributed by atoms with van der Waals surface area (Å²) < 4.78 is 6.52. The quantitative estimate of drug-likeness (QED) is 0.483. The Morgan fingerprint density at radius 2 is 1.85 bits per heavy atom. The van der Waals surface area contributed by atoms with E-state index in [1.165, 1.54) is 16.4 Å². The van der Waals surface area contributed by atoms with Crippen molar-refractivity contribution in [3.8, 4) is 17.1 Å². The van der Waals surface area contributed by atoms with Gasteiger partial charge in [-0.1, -0.05) is 23.4 Å². The average Bonchev–Trinajstić information content (AvgIpc) is 3.04. The number of amides is 1. The third-order valence-electron chi connectivity index (χ3n) is 3.78. The standard InChI is InChI=1S/C18H18ClN5O2S/c1-11(17(25)21-14-7-5-13(19)6-8-14)27-18-23-22-16(24(18)20)12-3-9-15(26-2)10-4-12/h3-11H,20H2,1-2H3,(H,21,25)/t11-/m0/s1. The van der Waals surface area contributed by atoms with E-state index in [0.29, 0.717) is 21.7 Å². The van der Waals surface area contributed by atoms with Crippen molar-refractivity contribution in [2.75, 3.05) is 18.3 Å². The second kappa shape index (κ2) is 8.32. The molecule has 1 aromatic heterocycles. The minimum atomic E-state index is -0.420. The number of thioether (sulfide) groups is 1. The van der Waals surface area contributed by atoms with Crippen LogP contribution < -0.4 is 15.9 Å². The second-order valence-corrected chi connectivity index (χ2v) is 7.41. The summed E-state index contributed by atoms with van der Waals surface area (Å²) in [6.07, 6.45) is 0. The number of carbonyl (C=O) groups excluding carboxylic acids is 1. The van der Waals surface area contributed by atoms with Gasteiger partial charge in [0.05, 0.1) is 12.4 Å². The predicted molar refractivity (Wildman–Crippen MR) is 108 cm³/mol. The summed E-state index contributed by atoms with van der Waals surface area (Å²) in [6.45, 7) is 1.78. The number of ether oxygens (including phenoxy) is 1. The van der Waals surface area contributed by atoms with Gasteiger partial charge in [0.15, 0.2) is 5.82 Å². The molecule has 0 aliphatic carbocycles. The van der Waals surface area contributed by atoms with Crippen molar-refractivity contribution >= 4 is 35.0 Å². The molecule has 0 spiro atoms. The van der Waals surface area contributed by atoms with Gasteiger partial charge in [0.1, 0.15) is 5.75 Å². The van der Waals surface area contributed by atoms with E-state index in [0.717, 1.165) is 11.3 Å². The molecule has 1 amide bonds. The van der Waals surface area contributed by atoms with Gasteiger partial charge in [0, 0.05) is 16.3 Å². The maximum atomic E-state index is 12.4. The number of halogens is 1. The van der Waals surface area contributed by atoms with Crippen molar-refractivity contribution in [1.82, 2.24) is 14.9 Å². The Morgan fingerprint density at radius 1 is 1.19 bits per heavy atom. The Kier molecular flexibility index (Phi) is 5.88. The maximum Gasteiger partial charge on any atom is 0.237 e. The van der Waals surface area contributed by atoms with Gasteiger partial charge in [-0.3, -0.25) is 4.79 Å². The highest BCUT2D eigenvalue weighted by atomic mass is 35.5. The van der Waals surface area contributed by atoms with E-state index in [9.17, 15) is 4.79 Å². The number of rotatable bonds is 6. The number of nitrogen functional groups attached to an aromatic ring is 1. The first kappa shape index (κ1) is 19.1. The molecule has 140 valence electrons. The zero-order valence-electron chi connectivity index (χ0n) is 14.7. The summed E-state index contributed by atoms with van der Waals surface area (Å²) in [5.74, 6) is 7.19. The van der Waals surface area contributed by atoms with Crippen molar-refractivity contribution in [2.24, 2.45) is 0 Å². The minimum absolute atomic E-state index is 0.170. The van der Waals surface area contributed by atoms with Crippen molar-refractivity contribution in [3.05, 3.63) is 53.6 Å². The van der Waals surface area contributed by atoms with Crippen LogP contribution in [0.15, 0.2) is 53.7 Å². The lowest BCUT2D eigenvalue weighted by Crippen LogP contribution is -2.23. The highest BCUT2D eigenvalue weighted by Crippen LogP contribution is 2.26. The van der Waals surface area contributed by atoms with Gasteiger partial charge in [-0.25, -0.2) is 4.68 Å². The monoisotopic (exact) mass is 403 g/mol. The van der Waals surface area contributed by atoms with Crippen LogP contribution in [0.1, 0.15) is 6.92 Å². The second-order valence-electron chi connectivity index (χ2n) is 5.66. The number of hydrogen-bond donors (Lipinski definition) is 2. The Morgan fingerprint density at radius 3 is 2.48 bits per heavy atom. The Balaban J connectivity index is 1.68. The van der Waals surface area contributed by atoms with Gasteiger partial charge in [-0.05, 0) is 55.5 Å². The molecule has 3 rings (SSSR count). The number of aromatic nitrogens is 3. The number of benzene rings is 2. The summed E-state index contributed by atoms with van der Waals surface area (Å²) in [6, 6.07) is 14.2. The Bertz CT molecular complexity index is 928. The van der Waals surface area contributed by atoms with E-state index in [-0.39, 0.29) is 5.91 Å². The first-order valence-corrected chi connectivity index (χ1v) is 9.31. The van der Waals surface area contributed by atoms with Crippen LogP contribution >= 0.6 is 23.4 Å². The molecule has 3 N–H and O–H groups in total. The Hall–Kier alpha value is -2.71.